The van der Waals surface area contributed by atoms with Gasteiger partial charge in [-0.1, -0.05) is 50.2 Å². The van der Waals surface area contributed by atoms with Gasteiger partial charge in [-0.25, -0.2) is 9.78 Å². The first-order valence-electron chi connectivity index (χ1n) is 10.1. The maximum Gasteiger partial charge on any atom is 0.326 e. The van der Waals surface area contributed by atoms with Gasteiger partial charge in [-0.15, -0.1) is 0 Å². The summed E-state index contributed by atoms with van der Waals surface area (Å²) in [5.74, 6) is -2.01. The maximum absolute atomic E-state index is 13.1. The van der Waals surface area contributed by atoms with E-state index in [-0.39, 0.29) is 18.8 Å². The van der Waals surface area contributed by atoms with E-state index in [0.717, 1.165) is 10.8 Å². The fourth-order valence-corrected chi connectivity index (χ4v) is 3.45. The van der Waals surface area contributed by atoms with E-state index in [1.165, 1.54) is 6.33 Å². The summed E-state index contributed by atoms with van der Waals surface area (Å²) in [4.78, 5) is 44.6. The van der Waals surface area contributed by atoms with Crippen molar-refractivity contribution in [1.29, 1.82) is 0 Å². The standard InChI is InChI=1S/C23H26N4O4/c1-14(2)10-20(23(30)31)27-22(29)19(11-16-12-24-13-25-16)26-21(28)18-9-5-7-15-6-3-4-8-17(15)18/h3-9,12-14,19-20H,10-11H2,1-2H3,(H,24,25)(H,26,28)(H,27,29)(H,30,31). The predicted molar refractivity (Wildman–Crippen MR) is 117 cm³/mol. The van der Waals surface area contributed by atoms with E-state index in [9.17, 15) is 19.5 Å². The van der Waals surface area contributed by atoms with Crippen LogP contribution in [-0.2, 0) is 16.0 Å². The van der Waals surface area contributed by atoms with Gasteiger partial charge in [-0.05, 0) is 29.2 Å². The predicted octanol–water partition coefficient (Wildman–Crippen LogP) is 2.52. The van der Waals surface area contributed by atoms with Crippen LogP contribution >= 0.6 is 0 Å². The highest BCUT2D eigenvalue weighted by Gasteiger charge is 2.28. The molecule has 4 N–H and O–H groups in total. The molecule has 8 heteroatoms. The molecule has 1 heterocycles. The molecule has 0 aliphatic carbocycles. The number of nitrogens with zero attached hydrogens (tertiary/aromatic N) is 1. The third-order valence-electron chi connectivity index (χ3n) is 4.95. The van der Waals surface area contributed by atoms with E-state index in [1.54, 1.807) is 18.3 Å². The summed E-state index contributed by atoms with van der Waals surface area (Å²) in [6.45, 7) is 3.76. The van der Waals surface area contributed by atoms with Gasteiger partial charge in [-0.3, -0.25) is 9.59 Å². The molecule has 0 spiro atoms. The van der Waals surface area contributed by atoms with Crippen molar-refractivity contribution in [2.24, 2.45) is 5.92 Å². The number of aliphatic carboxylic acids is 1. The Morgan fingerprint density at radius 1 is 1.03 bits per heavy atom. The molecule has 8 nitrogen and oxygen atoms in total. The number of hydrogen-bond donors (Lipinski definition) is 4. The smallest absolute Gasteiger partial charge is 0.326 e. The number of hydrogen-bond acceptors (Lipinski definition) is 4. The normalized spacial score (nSPS) is 13.0. The molecule has 162 valence electrons. The van der Waals surface area contributed by atoms with Gasteiger partial charge in [0.25, 0.3) is 5.91 Å². The molecule has 2 atom stereocenters. The van der Waals surface area contributed by atoms with Crippen molar-refractivity contribution in [2.45, 2.75) is 38.8 Å². The van der Waals surface area contributed by atoms with Crippen LogP contribution < -0.4 is 10.6 Å². The number of benzene rings is 2. The number of carbonyl (C=O) groups excluding carboxylic acids is 2. The Morgan fingerprint density at radius 2 is 1.77 bits per heavy atom. The number of aromatic amines is 1. The molecule has 2 aromatic carbocycles. The monoisotopic (exact) mass is 422 g/mol. The topological polar surface area (TPSA) is 124 Å². The SMILES string of the molecule is CC(C)CC(NC(=O)C(Cc1c[nH]cn1)NC(=O)c1cccc2ccccc12)C(=O)O. The van der Waals surface area contributed by atoms with Crippen molar-refractivity contribution >= 4 is 28.6 Å². The molecular weight excluding hydrogens is 396 g/mol. The lowest BCUT2D eigenvalue weighted by Gasteiger charge is -2.22. The van der Waals surface area contributed by atoms with Crippen LogP contribution in [0.15, 0.2) is 55.0 Å². The molecule has 0 radical (unpaired) electrons. The maximum atomic E-state index is 13.1. The van der Waals surface area contributed by atoms with Crippen LogP contribution in [0.2, 0.25) is 0 Å². The van der Waals surface area contributed by atoms with Crippen LogP contribution in [0.25, 0.3) is 10.8 Å². The van der Waals surface area contributed by atoms with Crippen molar-refractivity contribution in [2.75, 3.05) is 0 Å². The van der Waals surface area contributed by atoms with Crippen molar-refractivity contribution < 1.29 is 19.5 Å². The van der Waals surface area contributed by atoms with Crippen molar-refractivity contribution in [3.05, 3.63) is 66.2 Å². The minimum Gasteiger partial charge on any atom is -0.480 e. The summed E-state index contributed by atoms with van der Waals surface area (Å²) < 4.78 is 0. The summed E-state index contributed by atoms with van der Waals surface area (Å²) in [6, 6.07) is 10.8. The van der Waals surface area contributed by atoms with E-state index in [1.807, 2.05) is 44.2 Å². The van der Waals surface area contributed by atoms with Crippen LogP contribution in [0.1, 0.15) is 36.3 Å². The number of carboxylic acids is 1. The third-order valence-corrected chi connectivity index (χ3v) is 4.95. The fourth-order valence-electron chi connectivity index (χ4n) is 3.45. The van der Waals surface area contributed by atoms with Crippen molar-refractivity contribution in [3.63, 3.8) is 0 Å². The molecule has 2 unspecified atom stereocenters. The van der Waals surface area contributed by atoms with Gasteiger partial charge in [0.2, 0.25) is 5.91 Å². The molecule has 3 rings (SSSR count). The fraction of sp³-hybridized carbons (Fsp3) is 0.304. The lowest BCUT2D eigenvalue weighted by Crippen LogP contribution is -2.52. The molecule has 31 heavy (non-hydrogen) atoms. The van der Waals surface area contributed by atoms with Crippen molar-refractivity contribution in [3.8, 4) is 0 Å². The highest BCUT2D eigenvalue weighted by Crippen LogP contribution is 2.18. The van der Waals surface area contributed by atoms with Gasteiger partial charge in [0, 0.05) is 18.2 Å². The Bertz CT molecular complexity index is 1060. The number of rotatable bonds is 9. The molecule has 0 bridgehead atoms. The van der Waals surface area contributed by atoms with Gasteiger partial charge in [0.05, 0.1) is 12.0 Å². The Labute approximate surface area is 180 Å². The van der Waals surface area contributed by atoms with E-state index >= 15 is 0 Å². The van der Waals surface area contributed by atoms with E-state index < -0.39 is 29.9 Å². The van der Waals surface area contributed by atoms with E-state index in [0.29, 0.717) is 11.3 Å². The number of fused-ring (bicyclic) bond motifs is 1. The summed E-state index contributed by atoms with van der Waals surface area (Å²) in [6.07, 6.45) is 3.52. The zero-order valence-electron chi connectivity index (χ0n) is 17.5. The quantitative estimate of drug-likeness (QED) is 0.422. The average Bonchev–Trinajstić information content (AvgIpc) is 3.25. The molecule has 3 aromatic rings. The number of amides is 2. The molecule has 0 saturated heterocycles. The zero-order chi connectivity index (χ0) is 22.4. The minimum absolute atomic E-state index is 0.0801. The number of carboxylic acid groups (broad SMARTS) is 1. The average molecular weight is 422 g/mol. The Balaban J connectivity index is 1.83. The number of carbonyl (C=O) groups is 3. The van der Waals surface area contributed by atoms with Gasteiger partial charge >= 0.3 is 5.97 Å². The van der Waals surface area contributed by atoms with Gasteiger partial charge in [0.15, 0.2) is 0 Å². The lowest BCUT2D eigenvalue weighted by atomic mass is 10.0. The number of nitrogens with one attached hydrogen (secondary N) is 3. The van der Waals surface area contributed by atoms with Crippen molar-refractivity contribution in [1.82, 2.24) is 20.6 Å². The first-order chi connectivity index (χ1) is 14.8. The second kappa shape index (κ2) is 9.88. The highest BCUT2D eigenvalue weighted by atomic mass is 16.4. The highest BCUT2D eigenvalue weighted by molar-refractivity contribution is 6.08. The van der Waals surface area contributed by atoms with Crippen LogP contribution in [-0.4, -0.2) is 44.9 Å². The minimum atomic E-state index is -1.11. The number of aromatic nitrogens is 2. The second-order valence-corrected chi connectivity index (χ2v) is 7.85. The van der Waals surface area contributed by atoms with Gasteiger partial charge in [0.1, 0.15) is 12.1 Å². The summed E-state index contributed by atoms with van der Waals surface area (Å²) in [7, 11) is 0. The molecule has 2 amide bonds. The summed E-state index contributed by atoms with van der Waals surface area (Å²) in [5.41, 5.74) is 1.02. The third kappa shape index (κ3) is 5.69. The first kappa shape index (κ1) is 22.0. The zero-order valence-corrected chi connectivity index (χ0v) is 17.5. The Morgan fingerprint density at radius 3 is 2.45 bits per heavy atom. The van der Waals surface area contributed by atoms with E-state index in [2.05, 4.69) is 20.6 Å². The summed E-state index contributed by atoms with van der Waals surface area (Å²) >= 11 is 0. The largest absolute Gasteiger partial charge is 0.480 e. The Kier molecular flexibility index (Phi) is 7.02. The molecule has 0 saturated carbocycles. The number of H-pyrrole nitrogens is 1. The lowest BCUT2D eigenvalue weighted by molar-refractivity contribution is -0.142. The first-order valence-corrected chi connectivity index (χ1v) is 10.1. The van der Waals surface area contributed by atoms with E-state index in [4.69, 9.17) is 0 Å². The molecule has 0 aliphatic heterocycles. The van der Waals surface area contributed by atoms with Crippen LogP contribution in [0, 0.1) is 5.92 Å². The second-order valence-electron chi connectivity index (χ2n) is 7.85. The van der Waals surface area contributed by atoms with Crippen LogP contribution in [0.5, 0.6) is 0 Å². The molecule has 0 fully saturated rings. The van der Waals surface area contributed by atoms with Gasteiger partial charge < -0.3 is 20.7 Å². The van der Waals surface area contributed by atoms with Crippen LogP contribution in [0.3, 0.4) is 0 Å². The van der Waals surface area contributed by atoms with Gasteiger partial charge in [-0.2, -0.15) is 0 Å². The number of imidazole rings is 1. The Hall–Kier alpha value is -3.68. The molecule has 1 aromatic heterocycles. The van der Waals surface area contributed by atoms with Crippen LogP contribution in [0.4, 0.5) is 0 Å². The summed E-state index contributed by atoms with van der Waals surface area (Å²) in [5, 5.41) is 16.5. The molecular formula is C23H26N4O4. The molecule has 0 aliphatic rings.